The summed E-state index contributed by atoms with van der Waals surface area (Å²) in [6.45, 7) is 3.67. The predicted molar refractivity (Wildman–Crippen MR) is 90.9 cm³/mol. The molecule has 0 fully saturated rings. The van der Waals surface area contributed by atoms with Gasteiger partial charge in [0.15, 0.2) is 0 Å². The fraction of sp³-hybridized carbons (Fsp3) is 0.235. The number of carbonyl (C=O) groups excluding carboxylic acids is 1. The summed E-state index contributed by atoms with van der Waals surface area (Å²) >= 11 is 5.91. The molecule has 0 saturated carbocycles. The first-order chi connectivity index (χ1) is 10.9. The highest BCUT2D eigenvalue weighted by atomic mass is 35.5. The molecule has 0 heterocycles. The van der Waals surface area contributed by atoms with Crippen LogP contribution in [0.3, 0.4) is 0 Å². The van der Waals surface area contributed by atoms with Crippen molar-refractivity contribution in [2.24, 2.45) is 0 Å². The maximum Gasteiger partial charge on any atom is 0.246 e. The van der Waals surface area contributed by atoms with Gasteiger partial charge in [0.05, 0.1) is 23.5 Å². The Kier molecular flexibility index (Phi) is 5.45. The van der Waals surface area contributed by atoms with Crippen LogP contribution < -0.4 is 15.4 Å². The molecule has 0 aliphatic carbocycles. The molecule has 23 heavy (non-hydrogen) atoms. The number of rotatable bonds is 5. The van der Waals surface area contributed by atoms with Crippen LogP contribution >= 0.6 is 11.6 Å². The first kappa shape index (κ1) is 17.1. The molecule has 1 amide bonds. The van der Waals surface area contributed by atoms with Gasteiger partial charge < -0.3 is 15.4 Å². The average molecular weight is 337 g/mol. The Morgan fingerprint density at radius 3 is 2.61 bits per heavy atom. The van der Waals surface area contributed by atoms with E-state index in [1.807, 2.05) is 25.1 Å². The highest BCUT2D eigenvalue weighted by molar-refractivity contribution is 6.33. The summed E-state index contributed by atoms with van der Waals surface area (Å²) in [5.74, 6) is -0.0965. The third-order valence-electron chi connectivity index (χ3n) is 3.31. The van der Waals surface area contributed by atoms with Crippen LogP contribution in [-0.2, 0) is 4.79 Å². The zero-order valence-corrected chi connectivity index (χ0v) is 13.9. The number of hydrogen-bond donors (Lipinski definition) is 2. The average Bonchev–Trinajstić information content (AvgIpc) is 2.50. The van der Waals surface area contributed by atoms with Crippen LogP contribution in [-0.4, -0.2) is 19.1 Å². The number of nitrogens with one attached hydrogen (secondary N) is 2. The second-order valence-corrected chi connectivity index (χ2v) is 5.59. The molecule has 4 nitrogen and oxygen atoms in total. The monoisotopic (exact) mass is 336 g/mol. The van der Waals surface area contributed by atoms with Crippen molar-refractivity contribution in [3.63, 3.8) is 0 Å². The van der Waals surface area contributed by atoms with E-state index in [0.717, 1.165) is 17.3 Å². The van der Waals surface area contributed by atoms with Gasteiger partial charge in [-0.3, -0.25) is 4.79 Å². The maximum absolute atomic E-state index is 13.0. The van der Waals surface area contributed by atoms with Crippen molar-refractivity contribution in [2.75, 3.05) is 17.7 Å². The topological polar surface area (TPSA) is 50.4 Å². The van der Waals surface area contributed by atoms with Crippen molar-refractivity contribution >= 4 is 28.9 Å². The van der Waals surface area contributed by atoms with Crippen molar-refractivity contribution in [2.45, 2.75) is 19.9 Å². The van der Waals surface area contributed by atoms with E-state index in [1.54, 1.807) is 14.0 Å². The maximum atomic E-state index is 13.0. The van der Waals surface area contributed by atoms with Crippen molar-refractivity contribution in [1.82, 2.24) is 0 Å². The smallest absolute Gasteiger partial charge is 0.246 e. The Balaban J connectivity index is 2.10. The molecule has 0 spiro atoms. The van der Waals surface area contributed by atoms with E-state index in [9.17, 15) is 9.18 Å². The Morgan fingerprint density at radius 2 is 1.96 bits per heavy atom. The lowest BCUT2D eigenvalue weighted by Gasteiger charge is -2.18. The van der Waals surface area contributed by atoms with Crippen LogP contribution in [0.25, 0.3) is 0 Å². The van der Waals surface area contributed by atoms with E-state index < -0.39 is 11.9 Å². The van der Waals surface area contributed by atoms with Gasteiger partial charge in [-0.1, -0.05) is 17.7 Å². The number of aryl methyl sites for hydroxylation is 1. The van der Waals surface area contributed by atoms with Gasteiger partial charge in [0, 0.05) is 0 Å². The van der Waals surface area contributed by atoms with E-state index in [-0.39, 0.29) is 10.9 Å². The van der Waals surface area contributed by atoms with Gasteiger partial charge in [0.2, 0.25) is 5.91 Å². The standard InChI is InChI=1S/C17H18ClFN2O2/c1-10-4-7-16(23-3)15(8-10)20-11(2)17(22)21-14-6-5-12(19)9-13(14)18/h4-9,11,20H,1-3H3,(H,21,22). The van der Waals surface area contributed by atoms with Crippen LogP contribution in [0.1, 0.15) is 12.5 Å². The first-order valence-corrected chi connectivity index (χ1v) is 7.45. The summed E-state index contributed by atoms with van der Waals surface area (Å²) in [5, 5.41) is 5.92. The Labute approximate surface area is 139 Å². The molecule has 122 valence electrons. The molecule has 2 N–H and O–H groups in total. The quantitative estimate of drug-likeness (QED) is 0.858. The largest absolute Gasteiger partial charge is 0.495 e. The number of amides is 1. The van der Waals surface area contributed by atoms with Gasteiger partial charge >= 0.3 is 0 Å². The fourth-order valence-corrected chi connectivity index (χ4v) is 2.28. The summed E-state index contributed by atoms with van der Waals surface area (Å²) in [4.78, 5) is 12.3. The third kappa shape index (κ3) is 4.36. The summed E-state index contributed by atoms with van der Waals surface area (Å²) in [6.07, 6.45) is 0. The lowest BCUT2D eigenvalue weighted by atomic mass is 10.2. The molecule has 1 atom stereocenters. The summed E-state index contributed by atoms with van der Waals surface area (Å²) in [6, 6.07) is 8.93. The van der Waals surface area contributed by atoms with Gasteiger partial charge in [0.1, 0.15) is 17.6 Å². The summed E-state index contributed by atoms with van der Waals surface area (Å²) in [5.41, 5.74) is 2.13. The van der Waals surface area contributed by atoms with Gasteiger partial charge in [-0.25, -0.2) is 4.39 Å². The summed E-state index contributed by atoms with van der Waals surface area (Å²) < 4.78 is 18.3. The molecule has 0 bridgehead atoms. The minimum Gasteiger partial charge on any atom is -0.495 e. The Morgan fingerprint density at radius 1 is 1.22 bits per heavy atom. The zero-order valence-electron chi connectivity index (χ0n) is 13.1. The van der Waals surface area contributed by atoms with Crippen LogP contribution in [0, 0.1) is 12.7 Å². The highest BCUT2D eigenvalue weighted by Gasteiger charge is 2.16. The van der Waals surface area contributed by atoms with Crippen molar-refractivity contribution < 1.29 is 13.9 Å². The Hall–Kier alpha value is -2.27. The summed E-state index contributed by atoms with van der Waals surface area (Å²) in [7, 11) is 1.57. The number of benzene rings is 2. The number of halogens is 2. The van der Waals surface area contributed by atoms with Gasteiger partial charge in [-0.05, 0) is 49.7 Å². The Bertz CT molecular complexity index is 722. The first-order valence-electron chi connectivity index (χ1n) is 7.08. The molecule has 0 aliphatic rings. The predicted octanol–water partition coefficient (Wildman–Crippen LogP) is 4.24. The number of ether oxygens (including phenoxy) is 1. The van der Waals surface area contributed by atoms with Crippen LogP contribution in [0.4, 0.5) is 15.8 Å². The van der Waals surface area contributed by atoms with Crippen LogP contribution in [0.5, 0.6) is 5.75 Å². The SMILES string of the molecule is COc1ccc(C)cc1NC(C)C(=O)Nc1ccc(F)cc1Cl. The van der Waals surface area contributed by atoms with Crippen molar-refractivity contribution in [1.29, 1.82) is 0 Å². The molecule has 2 rings (SSSR count). The number of methoxy groups -OCH3 is 1. The molecule has 6 heteroatoms. The second-order valence-electron chi connectivity index (χ2n) is 5.18. The lowest BCUT2D eigenvalue weighted by molar-refractivity contribution is -0.116. The van der Waals surface area contributed by atoms with Gasteiger partial charge in [-0.15, -0.1) is 0 Å². The van der Waals surface area contributed by atoms with Crippen LogP contribution in [0.15, 0.2) is 36.4 Å². The molecule has 0 aromatic heterocycles. The minimum atomic E-state index is -0.535. The zero-order chi connectivity index (χ0) is 17.0. The second kappa shape index (κ2) is 7.33. The van der Waals surface area contributed by atoms with Crippen molar-refractivity contribution in [3.8, 4) is 5.75 Å². The van der Waals surface area contributed by atoms with Crippen LogP contribution in [0.2, 0.25) is 5.02 Å². The fourth-order valence-electron chi connectivity index (χ4n) is 2.07. The molecule has 0 radical (unpaired) electrons. The molecular weight excluding hydrogens is 319 g/mol. The minimum absolute atomic E-state index is 0.152. The van der Waals surface area contributed by atoms with E-state index in [0.29, 0.717) is 11.4 Å². The molecule has 2 aromatic carbocycles. The molecule has 0 aliphatic heterocycles. The molecule has 1 unspecified atom stereocenters. The normalized spacial score (nSPS) is 11.7. The van der Waals surface area contributed by atoms with Crippen molar-refractivity contribution in [3.05, 3.63) is 52.8 Å². The van der Waals surface area contributed by atoms with E-state index in [1.165, 1.54) is 12.1 Å². The van der Waals surface area contributed by atoms with E-state index >= 15 is 0 Å². The molecular formula is C17H18ClFN2O2. The van der Waals surface area contributed by atoms with E-state index in [4.69, 9.17) is 16.3 Å². The third-order valence-corrected chi connectivity index (χ3v) is 3.62. The van der Waals surface area contributed by atoms with Gasteiger partial charge in [-0.2, -0.15) is 0 Å². The molecule has 0 saturated heterocycles. The number of hydrogen-bond acceptors (Lipinski definition) is 3. The lowest BCUT2D eigenvalue weighted by Crippen LogP contribution is -2.32. The molecule has 2 aromatic rings. The van der Waals surface area contributed by atoms with Gasteiger partial charge in [0.25, 0.3) is 0 Å². The highest BCUT2D eigenvalue weighted by Crippen LogP contribution is 2.26. The number of anilines is 2. The van der Waals surface area contributed by atoms with E-state index in [2.05, 4.69) is 10.6 Å². The number of carbonyl (C=O) groups is 1.